The number of amides is 2. The van der Waals surface area contributed by atoms with Crippen molar-refractivity contribution in [1.29, 1.82) is 0 Å². The number of nitrogens with zero attached hydrogens (tertiary/aromatic N) is 7. The molecule has 6 rings (SSSR count). The minimum Gasteiger partial charge on any atom is -0.497 e. The standard InChI is InChI=1S/C32H34N8O4/c1-22-19-28(26(12-18-41)31(34-22)35-27-10-7-24(20-29(27)44-3)39-14-4-13-33-39)40-15-11-30(36-40)38-17-16-37(32(38)42)21-23-5-8-25(43-2)9-6-23/h4-11,13-15,19-20,41H,12,16-18,21H2,1-3H3,(H,34,35). The van der Waals surface area contributed by atoms with E-state index in [0.717, 1.165) is 33.9 Å². The first-order valence-electron chi connectivity index (χ1n) is 14.3. The van der Waals surface area contributed by atoms with Crippen molar-refractivity contribution in [3.8, 4) is 22.9 Å². The summed E-state index contributed by atoms with van der Waals surface area (Å²) in [7, 11) is 3.24. The number of anilines is 3. The van der Waals surface area contributed by atoms with Crippen LogP contribution < -0.4 is 19.7 Å². The number of pyridine rings is 1. The number of aliphatic hydroxyl groups is 1. The van der Waals surface area contributed by atoms with Gasteiger partial charge in [0.05, 0.1) is 31.3 Å². The van der Waals surface area contributed by atoms with E-state index < -0.39 is 0 Å². The van der Waals surface area contributed by atoms with Gasteiger partial charge in [-0.2, -0.15) is 5.10 Å². The van der Waals surface area contributed by atoms with Crippen LogP contribution in [0.2, 0.25) is 0 Å². The molecule has 12 nitrogen and oxygen atoms in total. The summed E-state index contributed by atoms with van der Waals surface area (Å²) in [6, 6.07) is 19.0. The van der Waals surface area contributed by atoms with Gasteiger partial charge in [0.25, 0.3) is 0 Å². The van der Waals surface area contributed by atoms with Gasteiger partial charge in [-0.3, -0.25) is 4.90 Å². The lowest BCUT2D eigenvalue weighted by Crippen LogP contribution is -2.31. The molecule has 0 radical (unpaired) electrons. The number of hydrogen-bond donors (Lipinski definition) is 2. The van der Waals surface area contributed by atoms with E-state index in [1.54, 1.807) is 34.7 Å². The summed E-state index contributed by atoms with van der Waals surface area (Å²) in [4.78, 5) is 21.6. The molecular formula is C32H34N8O4. The van der Waals surface area contributed by atoms with Crippen LogP contribution >= 0.6 is 0 Å². The molecule has 0 atom stereocenters. The molecule has 0 aliphatic carbocycles. The van der Waals surface area contributed by atoms with E-state index in [2.05, 4.69) is 10.4 Å². The average Bonchev–Trinajstić information content (AvgIpc) is 3.82. The third-order valence-electron chi connectivity index (χ3n) is 7.52. The van der Waals surface area contributed by atoms with Crippen LogP contribution in [-0.4, -0.2) is 74.5 Å². The van der Waals surface area contributed by atoms with Gasteiger partial charge in [0.1, 0.15) is 17.3 Å². The predicted molar refractivity (Wildman–Crippen MR) is 166 cm³/mol. The normalized spacial score (nSPS) is 13.0. The predicted octanol–water partition coefficient (Wildman–Crippen LogP) is 4.50. The van der Waals surface area contributed by atoms with Crippen LogP contribution in [0, 0.1) is 6.92 Å². The molecule has 0 saturated carbocycles. The van der Waals surface area contributed by atoms with Gasteiger partial charge in [-0.25, -0.2) is 19.1 Å². The second-order valence-electron chi connectivity index (χ2n) is 10.4. The fraction of sp³-hybridized carbons (Fsp3) is 0.250. The van der Waals surface area contributed by atoms with E-state index in [1.807, 2.05) is 84.9 Å². The molecule has 2 aromatic carbocycles. The highest BCUT2D eigenvalue weighted by molar-refractivity contribution is 5.93. The lowest BCUT2D eigenvalue weighted by atomic mass is 10.1. The molecule has 0 spiro atoms. The summed E-state index contributed by atoms with van der Waals surface area (Å²) in [5, 5.41) is 22.5. The van der Waals surface area contributed by atoms with Crippen LogP contribution in [0.15, 0.2) is 79.3 Å². The zero-order chi connectivity index (χ0) is 30.6. The minimum absolute atomic E-state index is 0.0825. The first kappa shape index (κ1) is 28.7. The maximum atomic E-state index is 13.3. The van der Waals surface area contributed by atoms with Crippen molar-refractivity contribution in [2.75, 3.05) is 44.1 Å². The molecule has 4 heterocycles. The number of nitrogens with one attached hydrogen (secondary N) is 1. The smallest absolute Gasteiger partial charge is 0.326 e. The summed E-state index contributed by atoms with van der Waals surface area (Å²) < 4.78 is 14.4. The maximum Gasteiger partial charge on any atom is 0.326 e. The van der Waals surface area contributed by atoms with Crippen molar-refractivity contribution >= 4 is 23.4 Å². The zero-order valence-corrected chi connectivity index (χ0v) is 24.8. The van der Waals surface area contributed by atoms with Crippen LogP contribution in [0.3, 0.4) is 0 Å². The summed E-state index contributed by atoms with van der Waals surface area (Å²) in [6.45, 7) is 3.45. The number of carbonyl (C=O) groups excluding carboxylic acids is 1. The summed E-state index contributed by atoms with van der Waals surface area (Å²) in [6.07, 6.45) is 5.75. The molecular weight excluding hydrogens is 560 g/mol. The van der Waals surface area contributed by atoms with E-state index in [4.69, 9.17) is 19.6 Å². The molecule has 3 aromatic heterocycles. The number of aryl methyl sites for hydroxylation is 1. The number of urea groups is 1. The molecule has 5 aromatic rings. The van der Waals surface area contributed by atoms with Crippen molar-refractivity contribution in [3.05, 3.63) is 96.1 Å². The number of aromatic nitrogens is 5. The molecule has 1 fully saturated rings. The number of hydrogen-bond acceptors (Lipinski definition) is 8. The van der Waals surface area contributed by atoms with Gasteiger partial charge in [-0.05, 0) is 48.9 Å². The second-order valence-corrected chi connectivity index (χ2v) is 10.4. The molecule has 1 aliphatic heterocycles. The third kappa shape index (κ3) is 5.79. The van der Waals surface area contributed by atoms with Crippen molar-refractivity contribution in [2.45, 2.75) is 19.9 Å². The Bertz CT molecular complexity index is 1750. The molecule has 1 saturated heterocycles. The molecule has 12 heteroatoms. The highest BCUT2D eigenvalue weighted by Gasteiger charge is 2.31. The second kappa shape index (κ2) is 12.5. The Labute approximate surface area is 255 Å². The Hall–Kier alpha value is -5.36. The third-order valence-corrected chi connectivity index (χ3v) is 7.52. The fourth-order valence-electron chi connectivity index (χ4n) is 5.31. The Kier molecular flexibility index (Phi) is 8.15. The van der Waals surface area contributed by atoms with Crippen LogP contribution in [0.5, 0.6) is 11.5 Å². The molecule has 0 bridgehead atoms. The monoisotopic (exact) mass is 594 g/mol. The minimum atomic E-state index is -0.0967. The summed E-state index contributed by atoms with van der Waals surface area (Å²) in [5.41, 5.74) is 4.90. The van der Waals surface area contributed by atoms with Crippen molar-refractivity contribution in [3.63, 3.8) is 0 Å². The Balaban J connectivity index is 1.25. The first-order valence-corrected chi connectivity index (χ1v) is 14.3. The van der Waals surface area contributed by atoms with Crippen molar-refractivity contribution in [1.82, 2.24) is 29.4 Å². The van der Waals surface area contributed by atoms with Crippen LogP contribution in [0.25, 0.3) is 11.4 Å². The highest BCUT2D eigenvalue weighted by Crippen LogP contribution is 2.33. The zero-order valence-electron chi connectivity index (χ0n) is 24.8. The topological polar surface area (TPSA) is 123 Å². The van der Waals surface area contributed by atoms with Gasteiger partial charge in [-0.15, -0.1) is 5.10 Å². The first-order chi connectivity index (χ1) is 21.5. The molecule has 44 heavy (non-hydrogen) atoms. The molecule has 0 unspecified atom stereocenters. The summed E-state index contributed by atoms with van der Waals surface area (Å²) >= 11 is 0. The lowest BCUT2D eigenvalue weighted by Gasteiger charge is -2.19. The number of carbonyl (C=O) groups is 1. The van der Waals surface area contributed by atoms with Crippen molar-refractivity contribution < 1.29 is 19.4 Å². The van der Waals surface area contributed by atoms with Crippen LogP contribution in [-0.2, 0) is 13.0 Å². The quantitative estimate of drug-likeness (QED) is 0.229. The van der Waals surface area contributed by atoms with Gasteiger partial charge in [0.15, 0.2) is 5.82 Å². The van der Waals surface area contributed by atoms with Gasteiger partial charge >= 0.3 is 6.03 Å². The van der Waals surface area contributed by atoms with E-state index in [1.165, 1.54) is 0 Å². The largest absolute Gasteiger partial charge is 0.497 e. The highest BCUT2D eigenvalue weighted by atomic mass is 16.5. The SMILES string of the molecule is COc1ccc(CN2CCN(c3ccn(-c4cc(C)nc(Nc5ccc(-n6cccn6)cc5OC)c4CCO)n3)C2=O)cc1. The van der Waals surface area contributed by atoms with Gasteiger partial charge in [0.2, 0.25) is 0 Å². The van der Waals surface area contributed by atoms with Crippen molar-refractivity contribution in [2.24, 2.45) is 0 Å². The number of rotatable bonds is 11. The van der Waals surface area contributed by atoms with E-state index >= 15 is 0 Å². The summed E-state index contributed by atoms with van der Waals surface area (Å²) in [5.74, 6) is 2.54. The Morgan fingerprint density at radius 3 is 2.55 bits per heavy atom. The molecule has 2 amide bonds. The molecule has 2 N–H and O–H groups in total. The van der Waals surface area contributed by atoms with E-state index in [9.17, 15) is 9.90 Å². The lowest BCUT2D eigenvalue weighted by molar-refractivity contribution is 0.218. The van der Waals surface area contributed by atoms with E-state index in [-0.39, 0.29) is 12.6 Å². The fourth-order valence-corrected chi connectivity index (χ4v) is 5.31. The number of benzene rings is 2. The van der Waals surface area contributed by atoms with Gasteiger partial charge in [-0.1, -0.05) is 12.1 Å². The Morgan fingerprint density at radius 2 is 1.82 bits per heavy atom. The van der Waals surface area contributed by atoms with Crippen LogP contribution in [0.4, 0.5) is 22.1 Å². The molecule has 226 valence electrons. The van der Waals surface area contributed by atoms with E-state index in [0.29, 0.717) is 49.1 Å². The maximum absolute atomic E-state index is 13.3. The Morgan fingerprint density at radius 1 is 0.977 bits per heavy atom. The number of aliphatic hydroxyl groups excluding tert-OH is 1. The van der Waals surface area contributed by atoms with Crippen LogP contribution in [0.1, 0.15) is 16.8 Å². The van der Waals surface area contributed by atoms with Gasteiger partial charge < -0.3 is 24.8 Å². The number of methoxy groups -OCH3 is 2. The molecule has 1 aliphatic rings. The number of ether oxygens (including phenoxy) is 2. The average molecular weight is 595 g/mol. The van der Waals surface area contributed by atoms with Gasteiger partial charge in [0, 0.05) is 74.6 Å².